The first-order chi connectivity index (χ1) is 10.1. The van der Waals surface area contributed by atoms with Gasteiger partial charge in [-0.1, -0.05) is 30.3 Å². The van der Waals surface area contributed by atoms with Crippen LogP contribution in [0, 0.1) is 5.92 Å². The van der Waals surface area contributed by atoms with Crippen LogP contribution in [0.1, 0.15) is 37.4 Å². The van der Waals surface area contributed by atoms with Crippen LogP contribution >= 0.6 is 0 Å². The minimum Gasteiger partial charge on any atom is -0.481 e. The second kappa shape index (κ2) is 6.45. The number of nitrogens with zero attached hydrogens (tertiary/aromatic N) is 4. The number of carbonyl (C=O) groups is 1. The van der Waals surface area contributed by atoms with Crippen LogP contribution in [0.2, 0.25) is 0 Å². The Morgan fingerprint density at radius 3 is 2.52 bits per heavy atom. The number of tetrazole rings is 1. The Balaban J connectivity index is 2.37. The number of aliphatic carboxylic acids is 1. The summed E-state index contributed by atoms with van der Waals surface area (Å²) in [7, 11) is 1.57. The van der Waals surface area contributed by atoms with E-state index in [4.69, 9.17) is 9.84 Å². The van der Waals surface area contributed by atoms with E-state index in [0.717, 1.165) is 5.56 Å². The molecule has 0 bridgehead atoms. The molecule has 1 N–H and O–H groups in total. The number of benzene rings is 1. The summed E-state index contributed by atoms with van der Waals surface area (Å²) in [5, 5.41) is 20.7. The molecule has 0 saturated carbocycles. The van der Waals surface area contributed by atoms with Crippen LogP contribution in [0.25, 0.3) is 0 Å². The fourth-order valence-electron chi connectivity index (χ4n) is 2.10. The van der Waals surface area contributed by atoms with Crippen molar-refractivity contribution in [1.29, 1.82) is 0 Å². The third-order valence-corrected chi connectivity index (χ3v) is 3.59. The molecule has 0 amide bonds. The molecule has 7 heteroatoms. The van der Waals surface area contributed by atoms with Gasteiger partial charge < -0.3 is 9.84 Å². The molecule has 0 spiro atoms. The van der Waals surface area contributed by atoms with Crippen LogP contribution in [0.4, 0.5) is 0 Å². The molecule has 3 unspecified atom stereocenters. The monoisotopic (exact) mass is 290 g/mol. The summed E-state index contributed by atoms with van der Waals surface area (Å²) >= 11 is 0. The predicted molar refractivity (Wildman–Crippen MR) is 74.6 cm³/mol. The lowest BCUT2D eigenvalue weighted by Gasteiger charge is -2.21. The molecule has 3 atom stereocenters. The molecule has 0 aliphatic rings. The highest BCUT2D eigenvalue weighted by Gasteiger charge is 2.28. The van der Waals surface area contributed by atoms with Crippen LogP contribution in [0.5, 0.6) is 0 Å². The average molecular weight is 290 g/mol. The molecule has 2 aromatic rings. The molecule has 112 valence electrons. The van der Waals surface area contributed by atoms with Crippen LogP contribution in [0.3, 0.4) is 0 Å². The van der Waals surface area contributed by atoms with Gasteiger partial charge in [0.15, 0.2) is 5.82 Å². The van der Waals surface area contributed by atoms with Gasteiger partial charge in [-0.15, -0.1) is 5.10 Å². The topological polar surface area (TPSA) is 90.1 Å². The predicted octanol–water partition coefficient (Wildman–Crippen LogP) is 1.69. The van der Waals surface area contributed by atoms with Gasteiger partial charge in [-0.25, -0.2) is 4.68 Å². The molecule has 0 radical (unpaired) electrons. The van der Waals surface area contributed by atoms with Crippen molar-refractivity contribution in [2.45, 2.75) is 26.0 Å². The number of aromatic nitrogens is 4. The van der Waals surface area contributed by atoms with E-state index in [1.165, 1.54) is 4.68 Å². The molecule has 21 heavy (non-hydrogen) atoms. The highest BCUT2D eigenvalue weighted by atomic mass is 16.5. The zero-order valence-corrected chi connectivity index (χ0v) is 12.2. The second-order valence-electron chi connectivity index (χ2n) is 4.88. The van der Waals surface area contributed by atoms with Gasteiger partial charge in [-0.3, -0.25) is 4.79 Å². The summed E-state index contributed by atoms with van der Waals surface area (Å²) in [6, 6.07) is 9.16. The molecule has 2 rings (SSSR count). The summed E-state index contributed by atoms with van der Waals surface area (Å²) in [4.78, 5) is 11.1. The molecular weight excluding hydrogens is 272 g/mol. The third-order valence-electron chi connectivity index (χ3n) is 3.59. The minimum atomic E-state index is -0.891. The highest BCUT2D eigenvalue weighted by molar-refractivity contribution is 5.70. The van der Waals surface area contributed by atoms with Gasteiger partial charge >= 0.3 is 5.97 Å². The van der Waals surface area contributed by atoms with E-state index in [1.807, 2.05) is 30.3 Å². The summed E-state index contributed by atoms with van der Waals surface area (Å²) in [6.07, 6.45) is -0.440. The van der Waals surface area contributed by atoms with Gasteiger partial charge in [0.2, 0.25) is 0 Å². The first-order valence-electron chi connectivity index (χ1n) is 6.64. The van der Waals surface area contributed by atoms with Crippen LogP contribution in [0.15, 0.2) is 30.3 Å². The first-order valence-corrected chi connectivity index (χ1v) is 6.64. The lowest BCUT2D eigenvalue weighted by Crippen LogP contribution is -2.25. The maximum absolute atomic E-state index is 11.1. The fourth-order valence-corrected chi connectivity index (χ4v) is 2.10. The van der Waals surface area contributed by atoms with E-state index in [0.29, 0.717) is 5.82 Å². The number of ether oxygens (including phenoxy) is 1. The smallest absolute Gasteiger partial charge is 0.308 e. The summed E-state index contributed by atoms with van der Waals surface area (Å²) in [5.74, 6) is -1.01. The summed E-state index contributed by atoms with van der Waals surface area (Å²) < 4.78 is 7.01. The normalized spacial score (nSPS) is 15.4. The van der Waals surface area contributed by atoms with E-state index in [2.05, 4.69) is 15.5 Å². The van der Waals surface area contributed by atoms with Crippen LogP contribution < -0.4 is 0 Å². The van der Waals surface area contributed by atoms with Crippen molar-refractivity contribution in [1.82, 2.24) is 20.2 Å². The quantitative estimate of drug-likeness (QED) is 0.870. The maximum Gasteiger partial charge on any atom is 0.308 e. The molecule has 0 fully saturated rings. The summed E-state index contributed by atoms with van der Waals surface area (Å²) in [5.41, 5.74) is 0.909. The summed E-state index contributed by atoms with van der Waals surface area (Å²) in [6.45, 7) is 3.40. The van der Waals surface area contributed by atoms with Crippen molar-refractivity contribution < 1.29 is 14.6 Å². The zero-order valence-electron chi connectivity index (χ0n) is 12.2. The van der Waals surface area contributed by atoms with Crippen molar-refractivity contribution in [2.75, 3.05) is 7.11 Å². The van der Waals surface area contributed by atoms with Crippen molar-refractivity contribution in [3.05, 3.63) is 41.7 Å². The number of methoxy groups -OCH3 is 1. The molecule has 1 aromatic heterocycles. The molecule has 0 aliphatic heterocycles. The Hall–Kier alpha value is -2.28. The first kappa shape index (κ1) is 15.1. The number of carboxylic acid groups (broad SMARTS) is 1. The SMILES string of the molecule is COC(c1ccccc1)c1nnnn1C(C)C(C)C(=O)O. The van der Waals surface area contributed by atoms with E-state index < -0.39 is 18.0 Å². The van der Waals surface area contributed by atoms with E-state index in [1.54, 1.807) is 21.0 Å². The Kier molecular flexibility index (Phi) is 4.64. The molecular formula is C14H18N4O3. The molecule has 0 aliphatic carbocycles. The molecule has 0 saturated heterocycles. The van der Waals surface area contributed by atoms with E-state index in [-0.39, 0.29) is 6.04 Å². The maximum atomic E-state index is 11.1. The van der Waals surface area contributed by atoms with Gasteiger partial charge in [0, 0.05) is 7.11 Å². The van der Waals surface area contributed by atoms with Gasteiger partial charge in [0.1, 0.15) is 6.10 Å². The Bertz CT molecular complexity index is 599. The Labute approximate surface area is 122 Å². The van der Waals surface area contributed by atoms with Crippen LogP contribution in [-0.2, 0) is 9.53 Å². The van der Waals surface area contributed by atoms with Crippen molar-refractivity contribution in [2.24, 2.45) is 5.92 Å². The molecule has 7 nitrogen and oxygen atoms in total. The minimum absolute atomic E-state index is 0.381. The van der Waals surface area contributed by atoms with Gasteiger partial charge in [0.05, 0.1) is 12.0 Å². The van der Waals surface area contributed by atoms with E-state index in [9.17, 15) is 4.79 Å². The van der Waals surface area contributed by atoms with Crippen LogP contribution in [-0.4, -0.2) is 38.4 Å². The highest BCUT2D eigenvalue weighted by Crippen LogP contribution is 2.26. The van der Waals surface area contributed by atoms with E-state index >= 15 is 0 Å². The average Bonchev–Trinajstić information content (AvgIpc) is 2.97. The van der Waals surface area contributed by atoms with Crippen molar-refractivity contribution >= 4 is 5.97 Å². The lowest BCUT2D eigenvalue weighted by atomic mass is 10.0. The molecule has 1 heterocycles. The Morgan fingerprint density at radius 2 is 1.95 bits per heavy atom. The van der Waals surface area contributed by atoms with Gasteiger partial charge in [0.25, 0.3) is 0 Å². The Morgan fingerprint density at radius 1 is 1.29 bits per heavy atom. The standard InChI is InChI=1S/C14H18N4O3/c1-9(14(19)20)10(2)18-13(15-16-17-18)12(21-3)11-7-5-4-6-8-11/h4-10,12H,1-3H3,(H,19,20). The zero-order chi connectivity index (χ0) is 15.4. The van der Waals surface area contributed by atoms with Gasteiger partial charge in [-0.05, 0) is 29.8 Å². The number of rotatable bonds is 6. The number of hydrogen-bond donors (Lipinski definition) is 1. The lowest BCUT2D eigenvalue weighted by molar-refractivity contribution is -0.142. The number of carboxylic acids is 1. The number of hydrogen-bond acceptors (Lipinski definition) is 5. The largest absolute Gasteiger partial charge is 0.481 e. The fraction of sp³-hybridized carbons (Fsp3) is 0.429. The van der Waals surface area contributed by atoms with Gasteiger partial charge in [-0.2, -0.15) is 0 Å². The van der Waals surface area contributed by atoms with Crippen molar-refractivity contribution in [3.8, 4) is 0 Å². The third kappa shape index (κ3) is 3.08. The second-order valence-corrected chi connectivity index (χ2v) is 4.88. The molecule has 1 aromatic carbocycles. The van der Waals surface area contributed by atoms with Crippen molar-refractivity contribution in [3.63, 3.8) is 0 Å².